The first-order valence-corrected chi connectivity index (χ1v) is 9.41. The minimum Gasteiger partial charge on any atom is -0.361 e. The number of hydrogen-bond donors (Lipinski definition) is 3. The molecular weight excluding hydrogens is 352 g/mol. The molecule has 1 aromatic heterocycles. The van der Waals surface area contributed by atoms with Crippen molar-refractivity contribution < 1.29 is 9.59 Å². The SMILES string of the molecule is CN(C)CCNC(=O)c1cccc(C(=O)NCCc2c[nH]c3ccccc23)c1. The Morgan fingerprint density at radius 1 is 0.929 bits per heavy atom. The van der Waals surface area contributed by atoms with Gasteiger partial charge in [0, 0.05) is 47.9 Å². The van der Waals surface area contributed by atoms with Crippen molar-refractivity contribution in [2.75, 3.05) is 33.7 Å². The van der Waals surface area contributed by atoms with Gasteiger partial charge in [-0.2, -0.15) is 0 Å². The number of H-pyrrole nitrogens is 1. The molecular formula is C22H26N4O2. The van der Waals surface area contributed by atoms with Crippen LogP contribution in [0.3, 0.4) is 0 Å². The van der Waals surface area contributed by atoms with Crippen LogP contribution >= 0.6 is 0 Å². The number of carbonyl (C=O) groups is 2. The van der Waals surface area contributed by atoms with E-state index in [0.717, 1.165) is 18.5 Å². The Balaban J connectivity index is 1.55. The minimum atomic E-state index is -0.178. The van der Waals surface area contributed by atoms with Gasteiger partial charge in [-0.15, -0.1) is 0 Å². The molecule has 146 valence electrons. The molecule has 0 atom stereocenters. The van der Waals surface area contributed by atoms with Gasteiger partial charge in [0.1, 0.15) is 0 Å². The van der Waals surface area contributed by atoms with E-state index < -0.39 is 0 Å². The molecule has 3 N–H and O–H groups in total. The lowest BCUT2D eigenvalue weighted by Gasteiger charge is -2.11. The summed E-state index contributed by atoms with van der Waals surface area (Å²) in [5.41, 5.74) is 3.24. The first-order valence-electron chi connectivity index (χ1n) is 9.41. The summed E-state index contributed by atoms with van der Waals surface area (Å²) in [4.78, 5) is 29.9. The number of benzene rings is 2. The number of amides is 2. The molecule has 0 radical (unpaired) electrons. The second-order valence-electron chi connectivity index (χ2n) is 7.01. The number of likely N-dealkylation sites (N-methyl/N-ethyl adjacent to an activating group) is 1. The summed E-state index contributed by atoms with van der Waals surface area (Å²) < 4.78 is 0. The fourth-order valence-electron chi connectivity index (χ4n) is 3.05. The molecule has 0 aliphatic rings. The third-order valence-electron chi connectivity index (χ3n) is 4.59. The maximum absolute atomic E-state index is 12.5. The standard InChI is InChI=1S/C22H26N4O2/c1-26(2)13-12-24-22(28)17-7-5-6-16(14-17)21(27)23-11-10-18-15-25-20-9-4-3-8-19(18)20/h3-9,14-15,25H,10-13H2,1-2H3,(H,23,27)(H,24,28). The van der Waals surface area contributed by atoms with E-state index in [1.165, 1.54) is 10.9 Å². The number of nitrogens with one attached hydrogen (secondary N) is 3. The van der Waals surface area contributed by atoms with Gasteiger partial charge in [0.15, 0.2) is 0 Å². The summed E-state index contributed by atoms with van der Waals surface area (Å²) in [6.07, 6.45) is 2.72. The largest absolute Gasteiger partial charge is 0.361 e. The number of hydrogen-bond acceptors (Lipinski definition) is 3. The number of fused-ring (bicyclic) bond motifs is 1. The van der Waals surface area contributed by atoms with Crippen LogP contribution in [0.4, 0.5) is 0 Å². The van der Waals surface area contributed by atoms with Crippen LogP contribution < -0.4 is 10.6 Å². The zero-order chi connectivity index (χ0) is 19.9. The van der Waals surface area contributed by atoms with E-state index in [1.807, 2.05) is 43.4 Å². The van der Waals surface area contributed by atoms with Crippen LogP contribution in [0.1, 0.15) is 26.3 Å². The molecule has 0 spiro atoms. The highest BCUT2D eigenvalue weighted by Crippen LogP contribution is 2.17. The van der Waals surface area contributed by atoms with Crippen LogP contribution in [0.15, 0.2) is 54.7 Å². The molecule has 28 heavy (non-hydrogen) atoms. The van der Waals surface area contributed by atoms with E-state index in [4.69, 9.17) is 0 Å². The number of aromatic nitrogens is 1. The number of nitrogens with zero attached hydrogens (tertiary/aromatic N) is 1. The average Bonchev–Trinajstić information content (AvgIpc) is 3.11. The van der Waals surface area contributed by atoms with Crippen molar-refractivity contribution in [1.82, 2.24) is 20.5 Å². The summed E-state index contributed by atoms with van der Waals surface area (Å²) in [5.74, 6) is -0.349. The highest BCUT2D eigenvalue weighted by Gasteiger charge is 2.11. The van der Waals surface area contributed by atoms with Crippen LogP contribution in [0.5, 0.6) is 0 Å². The second-order valence-corrected chi connectivity index (χ2v) is 7.01. The first kappa shape index (κ1) is 19.6. The second kappa shape index (κ2) is 9.19. The smallest absolute Gasteiger partial charge is 0.251 e. The zero-order valence-corrected chi connectivity index (χ0v) is 16.3. The van der Waals surface area contributed by atoms with Gasteiger partial charge in [-0.25, -0.2) is 0 Å². The number of para-hydroxylation sites is 1. The lowest BCUT2D eigenvalue weighted by molar-refractivity contribution is 0.0951. The fraction of sp³-hybridized carbons (Fsp3) is 0.273. The van der Waals surface area contributed by atoms with E-state index in [0.29, 0.717) is 24.2 Å². The van der Waals surface area contributed by atoms with Gasteiger partial charge in [-0.1, -0.05) is 24.3 Å². The van der Waals surface area contributed by atoms with Gasteiger partial charge in [0.05, 0.1) is 0 Å². The van der Waals surface area contributed by atoms with E-state index in [9.17, 15) is 9.59 Å². The summed E-state index contributed by atoms with van der Waals surface area (Å²) in [5, 5.41) is 6.97. The van der Waals surface area contributed by atoms with Gasteiger partial charge in [0.25, 0.3) is 11.8 Å². The predicted octanol–water partition coefficient (Wildman–Crippen LogP) is 2.43. The van der Waals surface area contributed by atoms with Crippen LogP contribution in [-0.2, 0) is 6.42 Å². The molecule has 0 fully saturated rings. The van der Waals surface area contributed by atoms with Crippen LogP contribution in [0.25, 0.3) is 10.9 Å². The van der Waals surface area contributed by atoms with E-state index in [1.54, 1.807) is 24.3 Å². The fourth-order valence-corrected chi connectivity index (χ4v) is 3.05. The zero-order valence-electron chi connectivity index (χ0n) is 16.3. The monoisotopic (exact) mass is 378 g/mol. The van der Waals surface area contributed by atoms with Gasteiger partial charge in [-0.3, -0.25) is 9.59 Å². The average molecular weight is 378 g/mol. The molecule has 6 heteroatoms. The quantitative estimate of drug-likeness (QED) is 0.563. The Morgan fingerprint density at radius 2 is 1.61 bits per heavy atom. The van der Waals surface area contributed by atoms with Crippen molar-refractivity contribution in [3.63, 3.8) is 0 Å². The molecule has 0 saturated heterocycles. The molecule has 0 aliphatic heterocycles. The van der Waals surface area contributed by atoms with Gasteiger partial charge < -0.3 is 20.5 Å². The van der Waals surface area contributed by atoms with Crippen LogP contribution in [0.2, 0.25) is 0 Å². The van der Waals surface area contributed by atoms with Gasteiger partial charge >= 0.3 is 0 Å². The number of aromatic amines is 1. The summed E-state index contributed by atoms with van der Waals surface area (Å²) in [7, 11) is 3.90. The third kappa shape index (κ3) is 4.98. The molecule has 1 heterocycles. The van der Waals surface area contributed by atoms with Crippen molar-refractivity contribution >= 4 is 22.7 Å². The Bertz CT molecular complexity index is 962. The predicted molar refractivity (Wildman–Crippen MR) is 112 cm³/mol. The van der Waals surface area contributed by atoms with Crippen molar-refractivity contribution in [2.24, 2.45) is 0 Å². The Morgan fingerprint density at radius 3 is 2.32 bits per heavy atom. The Hall–Kier alpha value is -3.12. The molecule has 0 unspecified atom stereocenters. The van der Waals surface area contributed by atoms with E-state index in [-0.39, 0.29) is 11.8 Å². The van der Waals surface area contributed by atoms with E-state index in [2.05, 4.69) is 21.7 Å². The number of rotatable bonds is 8. The first-order chi connectivity index (χ1) is 13.5. The van der Waals surface area contributed by atoms with Crippen LogP contribution in [0, 0.1) is 0 Å². The molecule has 0 aliphatic carbocycles. The van der Waals surface area contributed by atoms with Gasteiger partial charge in [-0.05, 0) is 50.3 Å². The molecule has 3 rings (SSSR count). The maximum Gasteiger partial charge on any atom is 0.251 e. The minimum absolute atomic E-state index is 0.171. The van der Waals surface area contributed by atoms with Crippen molar-refractivity contribution in [1.29, 1.82) is 0 Å². The lowest BCUT2D eigenvalue weighted by Crippen LogP contribution is -2.31. The summed E-state index contributed by atoms with van der Waals surface area (Å²) in [6, 6.07) is 14.9. The van der Waals surface area contributed by atoms with Crippen molar-refractivity contribution in [3.05, 3.63) is 71.4 Å². The molecule has 0 saturated carbocycles. The normalized spacial score (nSPS) is 11.0. The molecule has 3 aromatic rings. The summed E-state index contributed by atoms with van der Waals surface area (Å²) in [6.45, 7) is 1.85. The highest BCUT2D eigenvalue weighted by atomic mass is 16.2. The Kier molecular flexibility index (Phi) is 6.45. The van der Waals surface area contributed by atoms with E-state index >= 15 is 0 Å². The van der Waals surface area contributed by atoms with Crippen LogP contribution in [-0.4, -0.2) is 55.4 Å². The molecule has 2 aromatic carbocycles. The molecule has 0 bridgehead atoms. The van der Waals surface area contributed by atoms with Crippen molar-refractivity contribution in [2.45, 2.75) is 6.42 Å². The van der Waals surface area contributed by atoms with Crippen molar-refractivity contribution in [3.8, 4) is 0 Å². The van der Waals surface area contributed by atoms with Gasteiger partial charge in [0.2, 0.25) is 0 Å². The number of carbonyl (C=O) groups excluding carboxylic acids is 2. The highest BCUT2D eigenvalue weighted by molar-refractivity contribution is 5.99. The third-order valence-corrected chi connectivity index (χ3v) is 4.59. The maximum atomic E-state index is 12.5. The lowest BCUT2D eigenvalue weighted by atomic mass is 10.1. The topological polar surface area (TPSA) is 77.2 Å². The molecule has 6 nitrogen and oxygen atoms in total. The molecule has 2 amide bonds. The summed E-state index contributed by atoms with van der Waals surface area (Å²) >= 11 is 0. The Labute approximate surface area is 164 Å².